The molecule has 0 N–H and O–H groups in total. The molecule has 1 aromatic heterocycles. The van der Waals surface area contributed by atoms with Crippen molar-refractivity contribution in [2.24, 2.45) is 0 Å². The number of ether oxygens (including phenoxy) is 1. The minimum Gasteiger partial charge on any atom is -0.456 e. The first-order chi connectivity index (χ1) is 20.8. The van der Waals surface area contributed by atoms with Crippen LogP contribution in [0.15, 0.2) is 146 Å². The third kappa shape index (κ3) is 3.49. The lowest BCUT2D eigenvalue weighted by atomic mass is 9.87. The molecule has 1 aliphatic heterocycles. The fourth-order valence-corrected chi connectivity index (χ4v) is 7.79. The Morgan fingerprint density at radius 1 is 0.381 bits per heavy atom. The first kappa shape index (κ1) is 23.5. The maximum Gasteiger partial charge on any atom is 0.135 e. The van der Waals surface area contributed by atoms with Crippen LogP contribution in [0.2, 0.25) is 0 Å². The Hall–Kier alpha value is -5.18. The minimum atomic E-state index is 0.902. The van der Waals surface area contributed by atoms with Crippen LogP contribution in [0.4, 0.5) is 0 Å². The standard InChI is InChI=1S/C40H24OS/c1-2-13-28(29-14-3-4-15-30(29)31-18-9-21-38-40(31)33-16-5-6-20-37(33)42-38)27(12-1)26-22-23-35-34(24-26)32-17-7-10-25-11-8-19-36(41-35)39(25)32/h1-24H. The third-order valence-electron chi connectivity index (χ3n) is 8.50. The smallest absolute Gasteiger partial charge is 0.135 e. The van der Waals surface area contributed by atoms with Crippen molar-refractivity contribution in [2.75, 3.05) is 0 Å². The molecule has 196 valence electrons. The molecule has 0 radical (unpaired) electrons. The van der Waals surface area contributed by atoms with E-state index in [-0.39, 0.29) is 0 Å². The first-order valence-corrected chi connectivity index (χ1v) is 15.1. The maximum atomic E-state index is 6.40. The molecule has 0 unspecified atom stereocenters. The van der Waals surface area contributed by atoms with Crippen LogP contribution in [0, 0.1) is 0 Å². The van der Waals surface area contributed by atoms with E-state index in [9.17, 15) is 0 Å². The molecule has 0 saturated carbocycles. The Labute approximate surface area is 247 Å². The van der Waals surface area contributed by atoms with Crippen molar-refractivity contribution < 1.29 is 4.74 Å². The summed E-state index contributed by atoms with van der Waals surface area (Å²) in [5.41, 5.74) is 9.72. The highest BCUT2D eigenvalue weighted by atomic mass is 32.1. The fourth-order valence-electron chi connectivity index (χ4n) is 6.65. The predicted molar refractivity (Wildman–Crippen MR) is 179 cm³/mol. The molecule has 0 bridgehead atoms. The van der Waals surface area contributed by atoms with Crippen LogP contribution in [-0.4, -0.2) is 0 Å². The minimum absolute atomic E-state index is 0.902. The summed E-state index contributed by atoms with van der Waals surface area (Å²) in [6.45, 7) is 0. The van der Waals surface area contributed by atoms with E-state index in [2.05, 4.69) is 146 Å². The molecule has 2 heterocycles. The zero-order chi connectivity index (χ0) is 27.6. The summed E-state index contributed by atoms with van der Waals surface area (Å²) in [5.74, 6) is 1.83. The Bertz CT molecular complexity index is 2340. The van der Waals surface area contributed by atoms with Crippen molar-refractivity contribution >= 4 is 42.3 Å². The van der Waals surface area contributed by atoms with Gasteiger partial charge in [-0.15, -0.1) is 11.3 Å². The van der Waals surface area contributed by atoms with E-state index in [4.69, 9.17) is 4.74 Å². The summed E-state index contributed by atoms with van der Waals surface area (Å²) in [5, 5.41) is 5.03. The lowest BCUT2D eigenvalue weighted by Gasteiger charge is -2.22. The molecule has 0 spiro atoms. The molecule has 42 heavy (non-hydrogen) atoms. The van der Waals surface area contributed by atoms with Gasteiger partial charge in [-0.2, -0.15) is 0 Å². The van der Waals surface area contributed by atoms with Gasteiger partial charge in [0.05, 0.1) is 0 Å². The van der Waals surface area contributed by atoms with Crippen molar-refractivity contribution in [2.45, 2.75) is 0 Å². The number of benzene rings is 7. The van der Waals surface area contributed by atoms with Gasteiger partial charge in [0, 0.05) is 31.1 Å². The van der Waals surface area contributed by atoms with E-state index in [1.165, 1.54) is 69.9 Å². The molecule has 1 aliphatic rings. The molecule has 1 nitrogen and oxygen atoms in total. The van der Waals surface area contributed by atoms with Gasteiger partial charge in [-0.3, -0.25) is 0 Å². The van der Waals surface area contributed by atoms with Gasteiger partial charge in [0.2, 0.25) is 0 Å². The van der Waals surface area contributed by atoms with Crippen LogP contribution in [0.25, 0.3) is 75.5 Å². The highest BCUT2D eigenvalue weighted by Crippen LogP contribution is 2.49. The first-order valence-electron chi connectivity index (χ1n) is 14.3. The SMILES string of the molecule is c1ccc(-c2ccccc2-c2cccc3sc4ccccc4c23)c(-c2ccc3c(c2)-c2cccc4cccc(c24)O3)c1. The highest BCUT2D eigenvalue weighted by Gasteiger charge is 2.21. The summed E-state index contributed by atoms with van der Waals surface area (Å²) in [4.78, 5) is 0. The van der Waals surface area contributed by atoms with Gasteiger partial charge in [-0.25, -0.2) is 0 Å². The van der Waals surface area contributed by atoms with Crippen molar-refractivity contribution in [3.05, 3.63) is 146 Å². The van der Waals surface area contributed by atoms with Crippen LogP contribution in [0.3, 0.4) is 0 Å². The topological polar surface area (TPSA) is 9.23 Å². The molecule has 0 saturated heterocycles. The van der Waals surface area contributed by atoms with Gasteiger partial charge in [-0.1, -0.05) is 115 Å². The van der Waals surface area contributed by atoms with Gasteiger partial charge in [0.15, 0.2) is 0 Å². The van der Waals surface area contributed by atoms with Gasteiger partial charge in [-0.05, 0) is 74.7 Å². The lowest BCUT2D eigenvalue weighted by molar-refractivity contribution is 0.487. The zero-order valence-electron chi connectivity index (χ0n) is 22.7. The quantitative estimate of drug-likeness (QED) is 0.212. The molecular weight excluding hydrogens is 529 g/mol. The Balaban J connectivity index is 1.25. The van der Waals surface area contributed by atoms with Crippen LogP contribution >= 0.6 is 11.3 Å². The molecule has 2 heteroatoms. The summed E-state index contributed by atoms with van der Waals surface area (Å²) in [7, 11) is 0. The Morgan fingerprint density at radius 3 is 1.81 bits per heavy atom. The Kier molecular flexibility index (Phi) is 5.13. The molecule has 9 rings (SSSR count). The number of rotatable bonds is 3. The van der Waals surface area contributed by atoms with Gasteiger partial charge < -0.3 is 4.74 Å². The second-order valence-corrected chi connectivity index (χ2v) is 11.9. The molecular formula is C40H24OS. The van der Waals surface area contributed by atoms with Crippen LogP contribution in [0.5, 0.6) is 11.5 Å². The van der Waals surface area contributed by atoms with E-state index >= 15 is 0 Å². The van der Waals surface area contributed by atoms with Crippen LogP contribution < -0.4 is 4.74 Å². The molecule has 0 fully saturated rings. The number of fused-ring (bicyclic) bond motifs is 5. The normalized spacial score (nSPS) is 12.0. The lowest BCUT2D eigenvalue weighted by Crippen LogP contribution is -1.97. The van der Waals surface area contributed by atoms with Crippen molar-refractivity contribution in [3.63, 3.8) is 0 Å². The molecule has 8 aromatic rings. The van der Waals surface area contributed by atoms with E-state index in [0.717, 1.165) is 17.1 Å². The molecule has 7 aromatic carbocycles. The summed E-state index contributed by atoms with van der Waals surface area (Å²) < 4.78 is 9.05. The van der Waals surface area contributed by atoms with Crippen LogP contribution in [-0.2, 0) is 0 Å². The summed E-state index contributed by atoms with van der Waals surface area (Å²) in [6.07, 6.45) is 0. The summed E-state index contributed by atoms with van der Waals surface area (Å²) in [6, 6.07) is 52.5. The van der Waals surface area contributed by atoms with Crippen LogP contribution in [0.1, 0.15) is 0 Å². The van der Waals surface area contributed by atoms with Gasteiger partial charge >= 0.3 is 0 Å². The van der Waals surface area contributed by atoms with Gasteiger partial charge in [0.25, 0.3) is 0 Å². The largest absolute Gasteiger partial charge is 0.456 e. The molecule has 0 amide bonds. The monoisotopic (exact) mass is 552 g/mol. The van der Waals surface area contributed by atoms with E-state index in [0.29, 0.717) is 0 Å². The molecule has 0 atom stereocenters. The average Bonchev–Trinajstić information content (AvgIpc) is 3.44. The molecule has 0 aliphatic carbocycles. The number of thiophene rings is 1. The van der Waals surface area contributed by atoms with E-state index in [1.54, 1.807) is 0 Å². The van der Waals surface area contributed by atoms with E-state index < -0.39 is 0 Å². The highest BCUT2D eigenvalue weighted by molar-refractivity contribution is 7.25. The van der Waals surface area contributed by atoms with Crippen molar-refractivity contribution in [3.8, 4) is 56.0 Å². The maximum absolute atomic E-state index is 6.40. The van der Waals surface area contributed by atoms with Crippen molar-refractivity contribution in [1.82, 2.24) is 0 Å². The Morgan fingerprint density at radius 2 is 0.976 bits per heavy atom. The predicted octanol–water partition coefficient (Wildman–Crippen LogP) is 12.0. The van der Waals surface area contributed by atoms with Crippen molar-refractivity contribution in [1.29, 1.82) is 0 Å². The number of hydrogen-bond donors (Lipinski definition) is 0. The zero-order valence-corrected chi connectivity index (χ0v) is 23.5. The number of hydrogen-bond acceptors (Lipinski definition) is 2. The fraction of sp³-hybridized carbons (Fsp3) is 0. The average molecular weight is 553 g/mol. The second-order valence-electron chi connectivity index (χ2n) is 10.8. The summed E-state index contributed by atoms with van der Waals surface area (Å²) >= 11 is 1.87. The van der Waals surface area contributed by atoms with E-state index in [1.807, 2.05) is 11.3 Å². The third-order valence-corrected chi connectivity index (χ3v) is 9.64. The second kappa shape index (κ2) is 9.17. The van der Waals surface area contributed by atoms with Gasteiger partial charge in [0.1, 0.15) is 11.5 Å².